The van der Waals surface area contributed by atoms with Crippen LogP contribution in [0.25, 0.3) is 0 Å². The highest BCUT2D eigenvalue weighted by molar-refractivity contribution is 5.77. The summed E-state index contributed by atoms with van der Waals surface area (Å²) in [5.41, 5.74) is 1.38. The Kier molecular flexibility index (Phi) is 6.27. The van der Waals surface area contributed by atoms with Crippen LogP contribution in [-0.4, -0.2) is 50.2 Å². The molecule has 1 amide bonds. The van der Waals surface area contributed by atoms with Crippen LogP contribution in [0.5, 0.6) is 0 Å². The maximum Gasteiger partial charge on any atom is 0.248 e. The molecule has 0 radical (unpaired) electrons. The van der Waals surface area contributed by atoms with Crippen molar-refractivity contribution in [3.63, 3.8) is 0 Å². The fourth-order valence-corrected chi connectivity index (χ4v) is 4.32. The second-order valence-corrected chi connectivity index (χ2v) is 7.21. The van der Waals surface area contributed by atoms with E-state index in [4.69, 9.17) is 4.74 Å². The van der Waals surface area contributed by atoms with Gasteiger partial charge in [-0.15, -0.1) is 0 Å². The zero-order chi connectivity index (χ0) is 16.8. The van der Waals surface area contributed by atoms with Gasteiger partial charge in [0.2, 0.25) is 5.91 Å². The SMILES string of the molecule is COCC(=O)N(CC1CNCC1c1ccccc1)C1CCCCC1. The number of nitrogens with zero attached hydrogens (tertiary/aromatic N) is 1. The molecular formula is C20H30N2O2. The molecule has 1 saturated carbocycles. The highest BCUT2D eigenvalue weighted by atomic mass is 16.5. The predicted molar refractivity (Wildman–Crippen MR) is 96.0 cm³/mol. The van der Waals surface area contributed by atoms with Gasteiger partial charge in [0.05, 0.1) is 0 Å². The van der Waals surface area contributed by atoms with Crippen molar-refractivity contribution < 1.29 is 9.53 Å². The van der Waals surface area contributed by atoms with E-state index < -0.39 is 0 Å². The van der Waals surface area contributed by atoms with Gasteiger partial charge in [-0.3, -0.25) is 4.79 Å². The zero-order valence-corrected chi connectivity index (χ0v) is 14.7. The molecule has 0 bridgehead atoms. The summed E-state index contributed by atoms with van der Waals surface area (Å²) in [7, 11) is 1.61. The van der Waals surface area contributed by atoms with E-state index in [2.05, 4.69) is 40.5 Å². The third-order valence-corrected chi connectivity index (χ3v) is 5.60. The van der Waals surface area contributed by atoms with Crippen LogP contribution in [0.4, 0.5) is 0 Å². The lowest BCUT2D eigenvalue weighted by atomic mass is 9.87. The number of ether oxygens (including phenoxy) is 1. The lowest BCUT2D eigenvalue weighted by Gasteiger charge is -2.37. The summed E-state index contributed by atoms with van der Waals surface area (Å²) < 4.78 is 5.14. The second kappa shape index (κ2) is 8.63. The molecule has 1 aromatic carbocycles. The molecule has 2 aliphatic rings. The molecule has 0 aromatic heterocycles. The molecule has 4 heteroatoms. The summed E-state index contributed by atoms with van der Waals surface area (Å²) >= 11 is 0. The molecule has 4 nitrogen and oxygen atoms in total. The summed E-state index contributed by atoms with van der Waals surface area (Å²) in [6, 6.07) is 11.1. The highest BCUT2D eigenvalue weighted by Gasteiger charge is 2.34. The number of hydrogen-bond acceptors (Lipinski definition) is 3. The lowest BCUT2D eigenvalue weighted by molar-refractivity contribution is -0.139. The lowest BCUT2D eigenvalue weighted by Crippen LogP contribution is -2.46. The number of amides is 1. The van der Waals surface area contributed by atoms with Crippen molar-refractivity contribution in [3.05, 3.63) is 35.9 Å². The van der Waals surface area contributed by atoms with E-state index >= 15 is 0 Å². The van der Waals surface area contributed by atoms with E-state index in [1.54, 1.807) is 7.11 Å². The van der Waals surface area contributed by atoms with Crippen molar-refractivity contribution in [1.82, 2.24) is 10.2 Å². The number of hydrogen-bond donors (Lipinski definition) is 1. The molecule has 24 heavy (non-hydrogen) atoms. The first kappa shape index (κ1) is 17.4. The monoisotopic (exact) mass is 330 g/mol. The largest absolute Gasteiger partial charge is 0.375 e. The minimum absolute atomic E-state index is 0.156. The molecule has 132 valence electrons. The van der Waals surface area contributed by atoms with Crippen LogP contribution in [-0.2, 0) is 9.53 Å². The van der Waals surface area contributed by atoms with E-state index in [0.717, 1.165) is 32.5 Å². The van der Waals surface area contributed by atoms with Crippen LogP contribution in [0.15, 0.2) is 30.3 Å². The van der Waals surface area contributed by atoms with Gasteiger partial charge in [-0.1, -0.05) is 49.6 Å². The van der Waals surface area contributed by atoms with Gasteiger partial charge in [-0.2, -0.15) is 0 Å². The van der Waals surface area contributed by atoms with E-state index in [1.807, 2.05) is 0 Å². The Morgan fingerprint density at radius 2 is 1.92 bits per heavy atom. The Balaban J connectivity index is 1.72. The Bertz CT molecular complexity index is 514. The van der Waals surface area contributed by atoms with Crippen molar-refractivity contribution in [1.29, 1.82) is 0 Å². The Morgan fingerprint density at radius 1 is 1.17 bits per heavy atom. The Morgan fingerprint density at radius 3 is 2.62 bits per heavy atom. The van der Waals surface area contributed by atoms with Gasteiger partial charge >= 0.3 is 0 Å². The summed E-state index contributed by atoms with van der Waals surface area (Å²) in [4.78, 5) is 14.8. The predicted octanol–water partition coefficient (Wildman–Crippen LogP) is 2.80. The molecule has 1 aliphatic heterocycles. The normalized spacial score (nSPS) is 24.9. The standard InChI is InChI=1S/C20H30N2O2/c1-24-15-20(23)22(18-10-6-3-7-11-18)14-17-12-21-13-19(17)16-8-4-2-5-9-16/h2,4-5,8-9,17-19,21H,3,6-7,10-15H2,1H3. The van der Waals surface area contributed by atoms with Crippen LogP contribution in [0.1, 0.15) is 43.6 Å². The molecular weight excluding hydrogens is 300 g/mol. The minimum atomic E-state index is 0.156. The van der Waals surface area contributed by atoms with Gasteiger partial charge in [0.15, 0.2) is 0 Å². The van der Waals surface area contributed by atoms with Gasteiger partial charge in [0.25, 0.3) is 0 Å². The smallest absolute Gasteiger partial charge is 0.248 e. The van der Waals surface area contributed by atoms with Crippen molar-refractivity contribution in [2.45, 2.75) is 44.1 Å². The molecule has 0 spiro atoms. The number of nitrogens with one attached hydrogen (secondary N) is 1. The van der Waals surface area contributed by atoms with Crippen LogP contribution >= 0.6 is 0 Å². The fraction of sp³-hybridized carbons (Fsp3) is 0.650. The summed E-state index contributed by atoms with van der Waals surface area (Å²) in [5, 5.41) is 3.53. The average molecular weight is 330 g/mol. The van der Waals surface area contributed by atoms with Crippen LogP contribution in [0.3, 0.4) is 0 Å². The van der Waals surface area contributed by atoms with E-state index in [-0.39, 0.29) is 12.5 Å². The maximum absolute atomic E-state index is 12.7. The topological polar surface area (TPSA) is 41.6 Å². The third kappa shape index (κ3) is 4.17. The Labute approximate surface area is 145 Å². The molecule has 1 saturated heterocycles. The van der Waals surface area contributed by atoms with E-state index in [9.17, 15) is 4.79 Å². The van der Waals surface area contributed by atoms with Crippen LogP contribution in [0.2, 0.25) is 0 Å². The number of methoxy groups -OCH3 is 1. The fourth-order valence-electron chi connectivity index (χ4n) is 4.32. The Hall–Kier alpha value is -1.39. The number of carbonyl (C=O) groups is 1. The molecule has 1 aromatic rings. The molecule has 1 aliphatic carbocycles. The first-order chi connectivity index (χ1) is 11.8. The van der Waals surface area contributed by atoms with E-state index in [1.165, 1.54) is 24.8 Å². The average Bonchev–Trinajstić information content (AvgIpc) is 3.09. The van der Waals surface area contributed by atoms with Gasteiger partial charge < -0.3 is 15.0 Å². The molecule has 3 rings (SSSR count). The van der Waals surface area contributed by atoms with Gasteiger partial charge in [-0.25, -0.2) is 0 Å². The van der Waals surface area contributed by atoms with Gasteiger partial charge in [0, 0.05) is 38.7 Å². The molecule has 2 atom stereocenters. The van der Waals surface area contributed by atoms with Gasteiger partial charge in [-0.05, 0) is 24.3 Å². The zero-order valence-electron chi connectivity index (χ0n) is 14.7. The molecule has 1 N–H and O–H groups in total. The summed E-state index contributed by atoms with van der Waals surface area (Å²) in [6.07, 6.45) is 6.08. The van der Waals surface area contributed by atoms with Crippen molar-refractivity contribution >= 4 is 5.91 Å². The van der Waals surface area contributed by atoms with Crippen molar-refractivity contribution in [2.24, 2.45) is 5.92 Å². The highest BCUT2D eigenvalue weighted by Crippen LogP contribution is 2.31. The quantitative estimate of drug-likeness (QED) is 0.872. The van der Waals surface area contributed by atoms with Crippen LogP contribution < -0.4 is 5.32 Å². The minimum Gasteiger partial charge on any atom is -0.375 e. The van der Waals surface area contributed by atoms with Crippen molar-refractivity contribution in [3.8, 4) is 0 Å². The number of carbonyl (C=O) groups excluding carboxylic acids is 1. The molecule has 2 fully saturated rings. The second-order valence-electron chi connectivity index (χ2n) is 7.21. The molecule has 1 heterocycles. The first-order valence-corrected chi connectivity index (χ1v) is 9.33. The van der Waals surface area contributed by atoms with Crippen LogP contribution in [0, 0.1) is 5.92 Å². The van der Waals surface area contributed by atoms with E-state index in [0.29, 0.717) is 17.9 Å². The van der Waals surface area contributed by atoms with Gasteiger partial charge in [0.1, 0.15) is 6.61 Å². The number of benzene rings is 1. The third-order valence-electron chi connectivity index (χ3n) is 5.60. The summed E-state index contributed by atoms with van der Waals surface area (Å²) in [5.74, 6) is 1.13. The first-order valence-electron chi connectivity index (χ1n) is 9.33. The van der Waals surface area contributed by atoms with Crippen molar-refractivity contribution in [2.75, 3.05) is 33.4 Å². The number of rotatable bonds is 6. The molecule has 2 unspecified atom stereocenters. The maximum atomic E-state index is 12.7. The summed E-state index contributed by atoms with van der Waals surface area (Å²) in [6.45, 7) is 3.04.